The first-order chi connectivity index (χ1) is 5.98. The Balaban J connectivity index is 0. The predicted molar refractivity (Wildman–Crippen MR) is 51.7 cm³/mol. The van der Waals surface area contributed by atoms with E-state index < -0.39 is 11.6 Å². The number of aliphatic hydroxyl groups is 1. The van der Waals surface area contributed by atoms with Gasteiger partial charge in [0.05, 0.1) is 5.60 Å². The van der Waals surface area contributed by atoms with Crippen molar-refractivity contribution >= 4 is 6.03 Å². The zero-order chi connectivity index (χ0) is 10.3. The van der Waals surface area contributed by atoms with Gasteiger partial charge in [-0.05, 0) is 19.8 Å². The van der Waals surface area contributed by atoms with Crippen molar-refractivity contribution in [1.82, 2.24) is 5.32 Å². The topological polar surface area (TPSA) is 87.2 Å². The summed E-state index contributed by atoms with van der Waals surface area (Å²) in [6.45, 7) is 3.56. The van der Waals surface area contributed by atoms with E-state index in [1.54, 1.807) is 0 Å². The molecule has 1 aliphatic rings. The second-order valence-corrected chi connectivity index (χ2v) is 3.25. The van der Waals surface area contributed by atoms with Gasteiger partial charge in [-0.1, -0.05) is 7.05 Å². The minimum atomic E-state index is -0.745. The molecule has 0 aromatic heterocycles. The number of nitrogens with one attached hydrogen (secondary N) is 2. The number of rotatable bonds is 0. The van der Waals surface area contributed by atoms with E-state index in [0.717, 1.165) is 25.9 Å². The molecule has 1 saturated heterocycles. The van der Waals surface area contributed by atoms with Gasteiger partial charge in [-0.25, -0.2) is 0 Å². The smallest absolute Gasteiger partial charge is 0.149 e. The van der Waals surface area contributed by atoms with Crippen LogP contribution in [-0.2, 0) is 32.7 Å². The number of carbonyl (C=O) groups is 1. The fourth-order valence-corrected chi connectivity index (χ4v) is 0.877. The summed E-state index contributed by atoms with van der Waals surface area (Å²) in [6, 6.07) is -0.745. The molecule has 1 aliphatic heterocycles. The van der Waals surface area contributed by atoms with Crippen LogP contribution >= 0.6 is 0 Å². The third-order valence-electron chi connectivity index (χ3n) is 1.84. The maximum atomic E-state index is 9.37. The van der Waals surface area contributed by atoms with Crippen molar-refractivity contribution in [2.75, 3.05) is 20.1 Å². The fraction of sp³-hybridized carbons (Fsp3) is 0.875. The molecule has 0 aromatic rings. The first-order valence-corrected chi connectivity index (χ1v) is 4.27. The summed E-state index contributed by atoms with van der Waals surface area (Å²) < 4.78 is 0. The van der Waals surface area contributed by atoms with Crippen molar-refractivity contribution in [3.8, 4) is 0 Å². The number of nitrogens with zero attached hydrogens (tertiary/aromatic N) is 1. The Morgan fingerprint density at radius 3 is 2.00 bits per heavy atom. The van der Waals surface area contributed by atoms with Crippen LogP contribution < -0.4 is 5.32 Å². The maximum absolute atomic E-state index is 9.37. The first-order valence-electron chi connectivity index (χ1n) is 4.27. The van der Waals surface area contributed by atoms with E-state index in [2.05, 4.69) is 10.6 Å². The summed E-state index contributed by atoms with van der Waals surface area (Å²) in [5.41, 5.74) is 5.66. The molecule has 5 nitrogen and oxygen atoms in total. The number of urea groups is 1. The summed E-state index contributed by atoms with van der Waals surface area (Å²) in [5.74, 6) is 0. The molecule has 1 heterocycles. The molecule has 0 unspecified atom stereocenters. The van der Waals surface area contributed by atoms with E-state index in [4.69, 9.17) is 5.73 Å². The summed E-state index contributed by atoms with van der Waals surface area (Å²) in [6.07, 6.45) is 1.68. The van der Waals surface area contributed by atoms with Crippen molar-refractivity contribution in [2.24, 2.45) is 0 Å². The number of piperidine rings is 1. The van der Waals surface area contributed by atoms with Gasteiger partial charge in [0.15, 0.2) is 0 Å². The van der Waals surface area contributed by atoms with Crippen LogP contribution in [0.3, 0.4) is 0 Å². The van der Waals surface area contributed by atoms with Gasteiger partial charge in [0.1, 0.15) is 6.03 Å². The quantitative estimate of drug-likeness (QED) is 0.698. The van der Waals surface area contributed by atoms with Gasteiger partial charge in [-0.2, -0.15) is 0 Å². The second kappa shape index (κ2) is 8.59. The Labute approximate surface area is 110 Å². The largest absolute Gasteiger partial charge is 0.662 e. The van der Waals surface area contributed by atoms with Crippen LogP contribution in [0.5, 0.6) is 0 Å². The van der Waals surface area contributed by atoms with Gasteiger partial charge >= 0.3 is 0 Å². The third-order valence-corrected chi connectivity index (χ3v) is 1.84. The van der Waals surface area contributed by atoms with Crippen LogP contribution in [0.2, 0.25) is 0 Å². The Bertz CT molecular complexity index is 157. The van der Waals surface area contributed by atoms with Crippen LogP contribution in [0.1, 0.15) is 19.8 Å². The standard InChI is InChI=1S/C6H12NO.C2H6N2O.Y/c1-6(8)2-4-7-5-3-6;1-4-2(3)5;/h8H,2-5H2,1H3;1H3,(H3,3,4,5);/q-1;;/p-1. The Morgan fingerprint density at radius 2 is 1.86 bits per heavy atom. The van der Waals surface area contributed by atoms with E-state index in [1.165, 1.54) is 7.05 Å². The zero-order valence-corrected chi connectivity index (χ0v) is 11.5. The van der Waals surface area contributed by atoms with Gasteiger partial charge in [-0.3, -0.25) is 4.79 Å². The van der Waals surface area contributed by atoms with E-state index in [1.807, 2.05) is 6.92 Å². The molecular formula is C8H17N3O2Y-2. The Kier molecular flexibility index (Phi) is 10.3. The maximum Gasteiger partial charge on any atom is 0.149 e. The minimum Gasteiger partial charge on any atom is -0.662 e. The van der Waals surface area contributed by atoms with Gasteiger partial charge in [0.25, 0.3) is 0 Å². The van der Waals surface area contributed by atoms with E-state index in [0.29, 0.717) is 0 Å². The molecule has 2 amide bonds. The van der Waals surface area contributed by atoms with Crippen LogP contribution in [0.15, 0.2) is 0 Å². The monoisotopic (exact) mass is 276 g/mol. The molecule has 3 N–H and O–H groups in total. The van der Waals surface area contributed by atoms with Crippen LogP contribution in [0.25, 0.3) is 11.1 Å². The normalized spacial score (nSPS) is 18.2. The molecule has 14 heavy (non-hydrogen) atoms. The fourth-order valence-electron chi connectivity index (χ4n) is 0.877. The van der Waals surface area contributed by atoms with Gasteiger partial charge < -0.3 is 21.5 Å². The summed E-state index contributed by atoms with van der Waals surface area (Å²) in [4.78, 5) is 9.37. The Morgan fingerprint density at radius 1 is 1.50 bits per heavy atom. The minimum absolute atomic E-state index is 0. The molecule has 0 saturated carbocycles. The Hall–Kier alpha value is 0.294. The van der Waals surface area contributed by atoms with E-state index >= 15 is 0 Å². The molecule has 0 aliphatic carbocycles. The SMILES string of the molecule is CC1(O)CC[N-]CC1.CNC([NH-])=O.[Y]. The first kappa shape index (κ1) is 16.7. The molecule has 1 fully saturated rings. The average Bonchev–Trinajstić information content (AvgIpc) is 2.05. The van der Waals surface area contributed by atoms with Crippen molar-refractivity contribution in [3.63, 3.8) is 0 Å². The summed E-state index contributed by atoms with van der Waals surface area (Å²) in [5, 5.41) is 15.5. The summed E-state index contributed by atoms with van der Waals surface area (Å²) in [7, 11) is 1.41. The third kappa shape index (κ3) is 10.4. The van der Waals surface area contributed by atoms with Crippen molar-refractivity contribution < 1.29 is 42.6 Å². The number of carbonyl (C=O) groups excluding carboxylic acids is 1. The average molecular weight is 276 g/mol. The molecule has 0 aromatic carbocycles. The molecule has 81 valence electrons. The molecule has 0 atom stereocenters. The number of amides is 2. The summed E-state index contributed by atoms with van der Waals surface area (Å²) >= 11 is 0. The van der Waals surface area contributed by atoms with Crippen LogP contribution in [0, 0.1) is 0 Å². The number of hydrogen-bond acceptors (Lipinski definition) is 2. The second-order valence-electron chi connectivity index (χ2n) is 3.25. The van der Waals surface area contributed by atoms with Gasteiger partial charge in [0.2, 0.25) is 0 Å². The predicted octanol–water partition coefficient (Wildman–Crippen LogP) is 1.28. The van der Waals surface area contributed by atoms with Crippen LogP contribution in [0.4, 0.5) is 4.79 Å². The molecule has 0 spiro atoms. The van der Waals surface area contributed by atoms with Crippen molar-refractivity contribution in [3.05, 3.63) is 11.1 Å². The zero-order valence-electron chi connectivity index (χ0n) is 8.71. The van der Waals surface area contributed by atoms with E-state index in [-0.39, 0.29) is 32.7 Å². The molecule has 1 radical (unpaired) electrons. The molecular weight excluding hydrogens is 259 g/mol. The van der Waals surface area contributed by atoms with Crippen LogP contribution in [-0.4, -0.2) is 36.9 Å². The van der Waals surface area contributed by atoms with Crippen molar-refractivity contribution in [2.45, 2.75) is 25.4 Å². The van der Waals surface area contributed by atoms with Gasteiger partial charge in [-0.15, -0.1) is 13.1 Å². The molecule has 6 heteroatoms. The molecule has 0 bridgehead atoms. The van der Waals surface area contributed by atoms with Crippen molar-refractivity contribution in [1.29, 1.82) is 0 Å². The number of hydrogen-bond donors (Lipinski definition) is 2. The molecule has 1 rings (SSSR count). The van der Waals surface area contributed by atoms with Gasteiger partial charge in [0, 0.05) is 32.7 Å². The van der Waals surface area contributed by atoms with E-state index in [9.17, 15) is 9.90 Å².